The molecule has 2 heterocycles. The molecule has 3 rings (SSSR count). The van der Waals surface area contributed by atoms with Gasteiger partial charge >= 0.3 is 0 Å². The van der Waals surface area contributed by atoms with Crippen LogP contribution in [0.1, 0.15) is 35.1 Å². The Hall–Kier alpha value is -2.05. The van der Waals surface area contributed by atoms with Gasteiger partial charge < -0.3 is 15.1 Å². The first-order valence-electron chi connectivity index (χ1n) is 7.72. The fourth-order valence-electron chi connectivity index (χ4n) is 2.76. The lowest BCUT2D eigenvalue weighted by atomic mass is 9.90. The number of fused-ring (bicyclic) bond motifs is 1. The zero-order valence-corrected chi connectivity index (χ0v) is 13.6. The first-order valence-corrected chi connectivity index (χ1v) is 7.72. The zero-order chi connectivity index (χ0) is 16.8. The number of aliphatic hydroxyl groups is 2. The number of carbonyl (C=O) groups excluding carboxylic acids is 1. The van der Waals surface area contributed by atoms with Gasteiger partial charge in [-0.1, -0.05) is 0 Å². The van der Waals surface area contributed by atoms with Gasteiger partial charge in [0.1, 0.15) is 0 Å². The van der Waals surface area contributed by atoms with Crippen molar-refractivity contribution >= 4 is 16.9 Å². The van der Waals surface area contributed by atoms with E-state index in [2.05, 4.69) is 9.97 Å². The largest absolute Gasteiger partial charge is 0.388 e. The van der Waals surface area contributed by atoms with Crippen molar-refractivity contribution in [3.8, 4) is 0 Å². The predicted octanol–water partition coefficient (Wildman–Crippen LogP) is 1.20. The fourth-order valence-corrected chi connectivity index (χ4v) is 2.76. The van der Waals surface area contributed by atoms with E-state index in [9.17, 15) is 15.0 Å². The van der Waals surface area contributed by atoms with Crippen LogP contribution in [0.4, 0.5) is 0 Å². The van der Waals surface area contributed by atoms with Gasteiger partial charge in [0.2, 0.25) is 0 Å². The number of hydrogen-bond acceptors (Lipinski definition) is 5. The maximum absolute atomic E-state index is 12.6. The molecule has 122 valence electrons. The number of aliphatic hydroxyl groups excluding tert-OH is 1. The van der Waals surface area contributed by atoms with Crippen molar-refractivity contribution in [3.63, 3.8) is 0 Å². The van der Waals surface area contributed by atoms with Crippen LogP contribution in [0.25, 0.3) is 11.0 Å². The molecule has 1 saturated heterocycles. The highest BCUT2D eigenvalue weighted by atomic mass is 16.3. The van der Waals surface area contributed by atoms with Crippen LogP contribution in [0.5, 0.6) is 0 Å². The Morgan fingerprint density at radius 2 is 1.91 bits per heavy atom. The third-order valence-electron chi connectivity index (χ3n) is 4.61. The van der Waals surface area contributed by atoms with Crippen molar-refractivity contribution in [2.24, 2.45) is 0 Å². The lowest BCUT2D eigenvalue weighted by Crippen LogP contribution is -2.55. The topological polar surface area (TPSA) is 86.6 Å². The maximum Gasteiger partial charge on any atom is 0.254 e. The van der Waals surface area contributed by atoms with Crippen LogP contribution in [0.2, 0.25) is 0 Å². The summed E-state index contributed by atoms with van der Waals surface area (Å²) in [6, 6.07) is 5.25. The van der Waals surface area contributed by atoms with Crippen LogP contribution in [0.3, 0.4) is 0 Å². The number of nitrogens with zero attached hydrogens (tertiary/aromatic N) is 3. The highest BCUT2D eigenvalue weighted by molar-refractivity contribution is 5.97. The molecular formula is C17H21N3O3. The summed E-state index contributed by atoms with van der Waals surface area (Å²) in [7, 11) is 0. The number of rotatable bonds is 1. The number of aryl methyl sites for hydroxylation is 2. The number of amides is 1. The summed E-state index contributed by atoms with van der Waals surface area (Å²) in [5.74, 6) is -0.165. The summed E-state index contributed by atoms with van der Waals surface area (Å²) >= 11 is 0. The summed E-state index contributed by atoms with van der Waals surface area (Å²) in [6.45, 7) is 5.93. The number of piperidine rings is 1. The number of carbonyl (C=O) groups is 1. The smallest absolute Gasteiger partial charge is 0.254 e. The van der Waals surface area contributed by atoms with E-state index < -0.39 is 11.7 Å². The van der Waals surface area contributed by atoms with Crippen LogP contribution in [-0.2, 0) is 0 Å². The maximum atomic E-state index is 12.6. The Bertz CT molecular complexity index is 773. The second-order valence-corrected chi connectivity index (χ2v) is 6.47. The Morgan fingerprint density at radius 1 is 1.26 bits per heavy atom. The molecule has 6 heteroatoms. The molecule has 0 radical (unpaired) electrons. The van der Waals surface area contributed by atoms with Gasteiger partial charge in [0.15, 0.2) is 0 Å². The first kappa shape index (κ1) is 15.8. The van der Waals surface area contributed by atoms with Crippen molar-refractivity contribution in [3.05, 3.63) is 35.2 Å². The highest BCUT2D eigenvalue weighted by Gasteiger charge is 2.38. The molecule has 1 aromatic carbocycles. The monoisotopic (exact) mass is 315 g/mol. The van der Waals surface area contributed by atoms with E-state index >= 15 is 0 Å². The molecule has 1 amide bonds. The van der Waals surface area contributed by atoms with Gasteiger partial charge in [-0.25, -0.2) is 9.97 Å². The summed E-state index contributed by atoms with van der Waals surface area (Å²) < 4.78 is 0. The fraction of sp³-hybridized carbons (Fsp3) is 0.471. The van der Waals surface area contributed by atoms with Crippen LogP contribution >= 0.6 is 0 Å². The molecule has 6 nitrogen and oxygen atoms in total. The van der Waals surface area contributed by atoms with Gasteiger partial charge in [-0.15, -0.1) is 0 Å². The van der Waals surface area contributed by atoms with Crippen molar-refractivity contribution in [2.45, 2.75) is 38.9 Å². The summed E-state index contributed by atoms with van der Waals surface area (Å²) in [5, 5.41) is 20.0. The van der Waals surface area contributed by atoms with Gasteiger partial charge in [0.25, 0.3) is 5.91 Å². The molecule has 1 aromatic heterocycles. The summed E-state index contributed by atoms with van der Waals surface area (Å²) in [5.41, 5.74) is 2.53. The van der Waals surface area contributed by atoms with E-state index in [4.69, 9.17) is 0 Å². The Morgan fingerprint density at radius 3 is 2.57 bits per heavy atom. The first-order chi connectivity index (χ1) is 10.8. The van der Waals surface area contributed by atoms with E-state index in [1.54, 1.807) is 30.0 Å². The Kier molecular flexibility index (Phi) is 3.82. The van der Waals surface area contributed by atoms with E-state index in [0.29, 0.717) is 24.0 Å². The summed E-state index contributed by atoms with van der Waals surface area (Å²) in [4.78, 5) is 23.1. The van der Waals surface area contributed by atoms with Crippen molar-refractivity contribution in [1.29, 1.82) is 0 Å². The van der Waals surface area contributed by atoms with Gasteiger partial charge in [0, 0.05) is 18.7 Å². The predicted molar refractivity (Wildman–Crippen MR) is 86.2 cm³/mol. The number of benzene rings is 1. The van der Waals surface area contributed by atoms with Gasteiger partial charge in [-0.05, 0) is 45.4 Å². The minimum Gasteiger partial charge on any atom is -0.388 e. The number of hydrogen-bond donors (Lipinski definition) is 2. The van der Waals surface area contributed by atoms with Crippen LogP contribution in [-0.4, -0.2) is 55.8 Å². The average molecular weight is 315 g/mol. The normalized spacial score (nSPS) is 24.9. The van der Waals surface area contributed by atoms with Crippen LogP contribution in [0, 0.1) is 13.8 Å². The lowest BCUT2D eigenvalue weighted by molar-refractivity contribution is -0.0999. The molecule has 2 atom stereocenters. The standard InChI is InChI=1S/C17H21N3O3/c1-10-11(2)19-14-8-12(4-5-13(14)18-10)16(22)20-7-6-17(3,23)15(21)9-20/h4-5,8,15,21,23H,6-7,9H2,1-3H3/t15-,17+/m1/s1. The van der Waals surface area contributed by atoms with E-state index in [0.717, 1.165) is 16.9 Å². The minimum absolute atomic E-state index is 0.127. The number of aromatic nitrogens is 2. The molecule has 0 saturated carbocycles. The van der Waals surface area contributed by atoms with Crippen LogP contribution < -0.4 is 0 Å². The van der Waals surface area contributed by atoms with Crippen molar-refractivity contribution in [1.82, 2.24) is 14.9 Å². The molecule has 1 aliphatic heterocycles. The van der Waals surface area contributed by atoms with Gasteiger partial charge in [-0.3, -0.25) is 4.79 Å². The Balaban J connectivity index is 1.88. The Labute approximate surface area is 134 Å². The van der Waals surface area contributed by atoms with E-state index in [1.807, 2.05) is 13.8 Å². The minimum atomic E-state index is -1.14. The van der Waals surface area contributed by atoms with Crippen molar-refractivity contribution < 1.29 is 15.0 Å². The van der Waals surface area contributed by atoms with E-state index in [-0.39, 0.29) is 12.5 Å². The third-order valence-corrected chi connectivity index (χ3v) is 4.61. The van der Waals surface area contributed by atoms with Gasteiger partial charge in [0.05, 0.1) is 34.1 Å². The lowest BCUT2D eigenvalue weighted by Gasteiger charge is -2.39. The molecule has 23 heavy (non-hydrogen) atoms. The molecule has 0 aliphatic carbocycles. The molecule has 0 bridgehead atoms. The second kappa shape index (κ2) is 5.54. The zero-order valence-electron chi connectivity index (χ0n) is 13.6. The molecule has 2 aromatic rings. The number of likely N-dealkylation sites (tertiary alicyclic amines) is 1. The number of β-amino-alcohol motifs (C(OH)–C–C–N with tert-alkyl or cyclic N) is 1. The second-order valence-electron chi connectivity index (χ2n) is 6.47. The van der Waals surface area contributed by atoms with Crippen LogP contribution in [0.15, 0.2) is 18.2 Å². The summed E-state index contributed by atoms with van der Waals surface area (Å²) in [6.07, 6.45) is -0.587. The average Bonchev–Trinajstić information content (AvgIpc) is 2.50. The third kappa shape index (κ3) is 2.92. The quantitative estimate of drug-likeness (QED) is 0.826. The molecule has 1 aliphatic rings. The molecule has 2 N–H and O–H groups in total. The molecule has 0 spiro atoms. The van der Waals surface area contributed by atoms with E-state index in [1.165, 1.54) is 0 Å². The molecule has 1 fully saturated rings. The molecule has 0 unspecified atom stereocenters. The highest BCUT2D eigenvalue weighted by Crippen LogP contribution is 2.24. The SMILES string of the molecule is Cc1nc2ccc(C(=O)N3CC[C@](C)(O)[C@H](O)C3)cc2nc1C. The van der Waals surface area contributed by atoms with Gasteiger partial charge in [-0.2, -0.15) is 0 Å². The molecular weight excluding hydrogens is 294 g/mol. The van der Waals surface area contributed by atoms with Crippen molar-refractivity contribution in [2.75, 3.05) is 13.1 Å².